The summed E-state index contributed by atoms with van der Waals surface area (Å²) >= 11 is 0. The van der Waals surface area contributed by atoms with Crippen LogP contribution >= 0.6 is 0 Å². The molecule has 0 bridgehead atoms. The summed E-state index contributed by atoms with van der Waals surface area (Å²) in [6.07, 6.45) is 0.400. The van der Waals surface area contributed by atoms with Crippen LogP contribution in [0.3, 0.4) is 0 Å². The first kappa shape index (κ1) is 28.9. The van der Waals surface area contributed by atoms with E-state index in [0.29, 0.717) is 37.3 Å². The maximum absolute atomic E-state index is 14.7. The lowest BCUT2D eigenvalue weighted by molar-refractivity contribution is -0.127. The summed E-state index contributed by atoms with van der Waals surface area (Å²) in [6, 6.07) is 0.606. The third-order valence-corrected chi connectivity index (χ3v) is 8.34. The van der Waals surface area contributed by atoms with Crippen LogP contribution in [-0.2, 0) is 20.9 Å². The second-order valence-corrected chi connectivity index (χ2v) is 11.9. The number of carboxylic acid groups (broad SMARTS) is 1. The molecule has 4 rings (SSSR count). The van der Waals surface area contributed by atoms with E-state index in [0.717, 1.165) is 11.1 Å². The third kappa shape index (κ3) is 5.50. The Labute approximate surface area is 228 Å². The smallest absolute Gasteiger partial charge is 0.407 e. The van der Waals surface area contributed by atoms with Gasteiger partial charge in [0.05, 0.1) is 12.2 Å². The summed E-state index contributed by atoms with van der Waals surface area (Å²) in [5, 5.41) is 9.74. The molecular formula is C28H39F2N5O4. The molecule has 1 aromatic heterocycles. The molecule has 0 aliphatic carbocycles. The van der Waals surface area contributed by atoms with E-state index in [2.05, 4.69) is 4.98 Å². The Morgan fingerprint density at radius 3 is 2.51 bits per heavy atom. The highest BCUT2D eigenvalue weighted by Gasteiger charge is 2.43. The first-order valence-corrected chi connectivity index (χ1v) is 13.5. The average molecular weight is 548 g/mol. The van der Waals surface area contributed by atoms with E-state index in [9.17, 15) is 28.3 Å². The molecule has 4 heterocycles. The standard InChI is InChI=1S/C28H39F2N5O4/c1-7-8-28(29,30)23-9-22-21(10-31-23)27(5,6)16-35(22)24(36)15-32-12-18(3)34(26(38)39)14-20(32)13-33-11-17(2)19(4)25(33)37/h9-10,18,20H,7-8,11-16H2,1-6H3,(H,38,39)/t18-,20+/m1/s1. The number of rotatable bonds is 7. The molecule has 2 atom stereocenters. The van der Waals surface area contributed by atoms with E-state index in [-0.39, 0.29) is 55.6 Å². The van der Waals surface area contributed by atoms with Crippen molar-refractivity contribution >= 4 is 23.6 Å². The van der Waals surface area contributed by atoms with Crippen LogP contribution in [0, 0.1) is 0 Å². The number of aromatic nitrogens is 1. The number of amides is 3. The summed E-state index contributed by atoms with van der Waals surface area (Å²) in [6.45, 7) is 12.6. The second kappa shape index (κ2) is 10.5. The van der Waals surface area contributed by atoms with Gasteiger partial charge in [-0.1, -0.05) is 27.2 Å². The summed E-state index contributed by atoms with van der Waals surface area (Å²) in [5.41, 5.74) is 2.05. The Morgan fingerprint density at radius 2 is 1.92 bits per heavy atom. The van der Waals surface area contributed by atoms with Gasteiger partial charge in [-0.05, 0) is 32.4 Å². The zero-order chi connectivity index (χ0) is 28.9. The Balaban J connectivity index is 1.59. The highest BCUT2D eigenvalue weighted by atomic mass is 19.3. The number of carbonyl (C=O) groups is 3. The quantitative estimate of drug-likeness (QED) is 0.558. The first-order valence-electron chi connectivity index (χ1n) is 13.5. The molecular weight excluding hydrogens is 508 g/mol. The van der Waals surface area contributed by atoms with E-state index in [4.69, 9.17) is 0 Å². The van der Waals surface area contributed by atoms with E-state index in [1.54, 1.807) is 30.6 Å². The Kier molecular flexibility index (Phi) is 7.77. The van der Waals surface area contributed by atoms with Gasteiger partial charge >= 0.3 is 6.09 Å². The Bertz CT molecular complexity index is 1200. The van der Waals surface area contributed by atoms with Crippen molar-refractivity contribution in [1.29, 1.82) is 0 Å². The molecule has 3 amide bonds. The van der Waals surface area contributed by atoms with Crippen molar-refractivity contribution in [3.05, 3.63) is 34.7 Å². The van der Waals surface area contributed by atoms with Crippen molar-refractivity contribution in [3.8, 4) is 0 Å². The van der Waals surface area contributed by atoms with Crippen LogP contribution in [0.1, 0.15) is 65.6 Å². The maximum atomic E-state index is 14.7. The monoisotopic (exact) mass is 547 g/mol. The number of fused-ring (bicyclic) bond motifs is 1. The normalized spacial score (nSPS) is 23.6. The highest BCUT2D eigenvalue weighted by molar-refractivity contribution is 5.98. The molecule has 1 saturated heterocycles. The number of carbonyl (C=O) groups excluding carboxylic acids is 2. The SMILES string of the molecule is CCCC(F)(F)c1cc2c(cn1)C(C)(C)CN2C(=O)CN1C[C@@H](C)N(C(=O)O)C[C@@H]1CN1CC(C)=C(C)C1=O. The lowest BCUT2D eigenvalue weighted by Crippen LogP contribution is -2.63. The number of anilines is 1. The molecule has 0 aromatic carbocycles. The lowest BCUT2D eigenvalue weighted by atomic mass is 9.88. The van der Waals surface area contributed by atoms with Gasteiger partial charge in [-0.3, -0.25) is 19.5 Å². The summed E-state index contributed by atoms with van der Waals surface area (Å²) < 4.78 is 29.5. The molecule has 39 heavy (non-hydrogen) atoms. The minimum Gasteiger partial charge on any atom is -0.465 e. The van der Waals surface area contributed by atoms with Crippen molar-refractivity contribution < 1.29 is 28.3 Å². The number of halogens is 2. The zero-order valence-corrected chi connectivity index (χ0v) is 23.6. The molecule has 11 heteroatoms. The molecule has 214 valence electrons. The van der Waals surface area contributed by atoms with E-state index in [1.165, 1.54) is 17.2 Å². The summed E-state index contributed by atoms with van der Waals surface area (Å²) in [4.78, 5) is 49.0. The van der Waals surface area contributed by atoms with Gasteiger partial charge in [0.2, 0.25) is 11.8 Å². The predicted molar refractivity (Wildman–Crippen MR) is 143 cm³/mol. The maximum Gasteiger partial charge on any atom is 0.407 e. The molecule has 3 aliphatic rings. The van der Waals surface area contributed by atoms with Gasteiger partial charge in [0.1, 0.15) is 5.69 Å². The van der Waals surface area contributed by atoms with Gasteiger partial charge in [-0.25, -0.2) is 4.79 Å². The van der Waals surface area contributed by atoms with Crippen molar-refractivity contribution in [2.75, 3.05) is 44.2 Å². The largest absolute Gasteiger partial charge is 0.465 e. The highest BCUT2D eigenvalue weighted by Crippen LogP contribution is 2.43. The number of piperazine rings is 1. The number of alkyl halides is 2. The fraction of sp³-hybridized carbons (Fsp3) is 0.643. The minimum absolute atomic E-state index is 0.0194. The fourth-order valence-electron chi connectivity index (χ4n) is 5.92. The third-order valence-electron chi connectivity index (χ3n) is 8.34. The molecule has 0 unspecified atom stereocenters. The van der Waals surface area contributed by atoms with Gasteiger partial charge < -0.3 is 19.8 Å². The lowest BCUT2D eigenvalue weighted by Gasteiger charge is -2.45. The second-order valence-electron chi connectivity index (χ2n) is 11.9. The molecule has 3 aliphatic heterocycles. The summed E-state index contributed by atoms with van der Waals surface area (Å²) in [7, 11) is 0. The van der Waals surface area contributed by atoms with E-state index >= 15 is 0 Å². The van der Waals surface area contributed by atoms with Crippen LogP contribution < -0.4 is 4.90 Å². The predicted octanol–water partition coefficient (Wildman–Crippen LogP) is 3.83. The molecule has 0 radical (unpaired) electrons. The van der Waals surface area contributed by atoms with Gasteiger partial charge in [0.15, 0.2) is 0 Å². The molecule has 0 saturated carbocycles. The number of pyridine rings is 1. The molecule has 1 fully saturated rings. The minimum atomic E-state index is -3.09. The van der Waals surface area contributed by atoms with Crippen LogP contribution in [0.4, 0.5) is 19.3 Å². The van der Waals surface area contributed by atoms with E-state index in [1.807, 2.05) is 25.7 Å². The van der Waals surface area contributed by atoms with Crippen LogP contribution in [0.15, 0.2) is 23.4 Å². The average Bonchev–Trinajstić information content (AvgIpc) is 3.26. The van der Waals surface area contributed by atoms with Crippen LogP contribution in [0.2, 0.25) is 0 Å². The summed E-state index contributed by atoms with van der Waals surface area (Å²) in [5.74, 6) is -3.43. The van der Waals surface area contributed by atoms with Gasteiger partial charge in [-0.15, -0.1) is 0 Å². The molecule has 1 N–H and O–H groups in total. The van der Waals surface area contributed by atoms with Crippen LogP contribution in [-0.4, -0.2) is 94.1 Å². The molecule has 0 spiro atoms. The first-order chi connectivity index (χ1) is 18.2. The van der Waals surface area contributed by atoms with Crippen LogP contribution in [0.25, 0.3) is 0 Å². The van der Waals surface area contributed by atoms with Crippen molar-refractivity contribution in [2.24, 2.45) is 0 Å². The van der Waals surface area contributed by atoms with Gasteiger partial charge in [-0.2, -0.15) is 8.78 Å². The van der Waals surface area contributed by atoms with Crippen molar-refractivity contribution in [3.63, 3.8) is 0 Å². The zero-order valence-electron chi connectivity index (χ0n) is 23.6. The van der Waals surface area contributed by atoms with Gasteiger partial charge in [0, 0.05) is 74.0 Å². The Morgan fingerprint density at radius 1 is 1.23 bits per heavy atom. The number of hydrogen-bond acceptors (Lipinski definition) is 5. The van der Waals surface area contributed by atoms with Gasteiger partial charge in [0.25, 0.3) is 5.92 Å². The fourth-order valence-corrected chi connectivity index (χ4v) is 5.92. The van der Waals surface area contributed by atoms with Crippen molar-refractivity contribution in [2.45, 2.75) is 77.8 Å². The number of hydrogen-bond donors (Lipinski definition) is 1. The van der Waals surface area contributed by atoms with Crippen LogP contribution in [0.5, 0.6) is 0 Å². The molecule has 1 aromatic rings. The number of nitrogens with zero attached hydrogens (tertiary/aromatic N) is 5. The topological polar surface area (TPSA) is 97.3 Å². The Hall–Kier alpha value is -3.08. The van der Waals surface area contributed by atoms with E-state index < -0.39 is 17.4 Å². The van der Waals surface area contributed by atoms with Crippen molar-refractivity contribution in [1.82, 2.24) is 19.7 Å². The molecule has 9 nitrogen and oxygen atoms in total.